The summed E-state index contributed by atoms with van der Waals surface area (Å²) in [4.78, 5) is 16.5. The minimum Gasteiger partial charge on any atom is -0.306 e. The molecule has 0 fully saturated rings. The summed E-state index contributed by atoms with van der Waals surface area (Å²) in [5.74, 6) is 0. The van der Waals surface area contributed by atoms with Gasteiger partial charge < -0.3 is 9.97 Å². The number of H-pyrrole nitrogens is 2. The highest BCUT2D eigenvalue weighted by atomic mass is 32.2. The van der Waals surface area contributed by atoms with E-state index in [0.717, 1.165) is 5.56 Å². The molecule has 2 rings (SSSR count). The van der Waals surface area contributed by atoms with Crippen LogP contribution in [0.3, 0.4) is 0 Å². The van der Waals surface area contributed by atoms with Gasteiger partial charge in [-0.05, 0) is 38.5 Å². The fourth-order valence-electron chi connectivity index (χ4n) is 1.77. The monoisotopic (exact) mass is 283 g/mol. The molecular formula is C12H17N3O3S. The molecule has 1 unspecified atom stereocenters. The molecule has 1 aromatic heterocycles. The smallest absolute Gasteiger partial charge is 0.306 e. The molecule has 19 heavy (non-hydrogen) atoms. The number of rotatable bonds is 4. The Morgan fingerprint density at radius 1 is 1.11 bits per heavy atom. The van der Waals surface area contributed by atoms with Crippen LogP contribution >= 0.6 is 0 Å². The number of imidazole rings is 1. The van der Waals surface area contributed by atoms with Crippen molar-refractivity contribution in [1.82, 2.24) is 14.7 Å². The molecule has 1 aromatic carbocycles. The van der Waals surface area contributed by atoms with Gasteiger partial charge in [0, 0.05) is 6.04 Å². The van der Waals surface area contributed by atoms with E-state index in [9.17, 15) is 13.2 Å². The topological polar surface area (TPSA) is 94.8 Å². The molecule has 1 heterocycles. The first kappa shape index (κ1) is 13.8. The molecule has 0 saturated carbocycles. The molecule has 3 N–H and O–H groups in total. The predicted octanol–water partition coefficient (Wildman–Crippen LogP) is 1.24. The summed E-state index contributed by atoms with van der Waals surface area (Å²) < 4.78 is 26.2. The van der Waals surface area contributed by atoms with Gasteiger partial charge in [-0.1, -0.05) is 6.07 Å². The van der Waals surface area contributed by atoms with E-state index in [0.29, 0.717) is 11.0 Å². The number of aromatic amines is 2. The van der Waals surface area contributed by atoms with Crippen LogP contribution in [0.25, 0.3) is 11.0 Å². The summed E-state index contributed by atoms with van der Waals surface area (Å²) >= 11 is 0. The van der Waals surface area contributed by atoms with Gasteiger partial charge in [-0.15, -0.1) is 0 Å². The Morgan fingerprint density at radius 3 is 2.37 bits per heavy atom. The lowest BCUT2D eigenvalue weighted by Gasteiger charge is -2.16. The minimum atomic E-state index is -3.32. The van der Waals surface area contributed by atoms with Crippen molar-refractivity contribution >= 4 is 21.1 Å². The maximum Gasteiger partial charge on any atom is 0.323 e. The van der Waals surface area contributed by atoms with E-state index >= 15 is 0 Å². The first-order chi connectivity index (χ1) is 8.79. The average Bonchev–Trinajstić information content (AvgIpc) is 2.66. The summed E-state index contributed by atoms with van der Waals surface area (Å²) in [6.07, 6.45) is 0. The van der Waals surface area contributed by atoms with E-state index in [1.807, 2.05) is 0 Å². The molecule has 0 saturated heterocycles. The highest BCUT2D eigenvalue weighted by Gasteiger charge is 2.19. The van der Waals surface area contributed by atoms with Crippen LogP contribution in [-0.2, 0) is 10.0 Å². The van der Waals surface area contributed by atoms with Crippen LogP contribution in [0.4, 0.5) is 0 Å². The van der Waals surface area contributed by atoms with Crippen molar-refractivity contribution < 1.29 is 8.42 Å². The third-order valence-corrected chi connectivity index (χ3v) is 4.92. The van der Waals surface area contributed by atoms with Gasteiger partial charge in [0.25, 0.3) is 0 Å². The van der Waals surface area contributed by atoms with Gasteiger partial charge in [0.2, 0.25) is 10.0 Å². The zero-order valence-corrected chi connectivity index (χ0v) is 11.8. The van der Waals surface area contributed by atoms with Crippen LogP contribution < -0.4 is 10.4 Å². The lowest BCUT2D eigenvalue weighted by atomic mass is 10.1. The molecular weight excluding hydrogens is 266 g/mol. The molecule has 0 aliphatic carbocycles. The molecule has 104 valence electrons. The van der Waals surface area contributed by atoms with E-state index < -0.39 is 15.3 Å². The summed E-state index contributed by atoms with van der Waals surface area (Å²) in [6.45, 7) is 5.02. The fourth-order valence-corrected chi connectivity index (χ4v) is 2.67. The second kappa shape index (κ2) is 4.82. The molecule has 0 amide bonds. The Morgan fingerprint density at radius 2 is 1.74 bits per heavy atom. The van der Waals surface area contributed by atoms with Crippen molar-refractivity contribution in [2.45, 2.75) is 32.1 Å². The van der Waals surface area contributed by atoms with Gasteiger partial charge in [-0.25, -0.2) is 17.9 Å². The van der Waals surface area contributed by atoms with Crippen molar-refractivity contribution in [1.29, 1.82) is 0 Å². The highest BCUT2D eigenvalue weighted by Crippen LogP contribution is 2.18. The van der Waals surface area contributed by atoms with E-state index in [-0.39, 0.29) is 11.7 Å². The Kier molecular flexibility index (Phi) is 3.51. The maximum atomic E-state index is 11.8. The third kappa shape index (κ3) is 2.87. The van der Waals surface area contributed by atoms with Crippen molar-refractivity contribution in [2.75, 3.05) is 0 Å². The van der Waals surface area contributed by atoms with Crippen molar-refractivity contribution in [3.63, 3.8) is 0 Å². The van der Waals surface area contributed by atoms with E-state index in [2.05, 4.69) is 14.7 Å². The zero-order chi connectivity index (χ0) is 14.2. The number of hydrogen-bond donors (Lipinski definition) is 3. The number of hydrogen-bond acceptors (Lipinski definition) is 3. The molecule has 7 heteroatoms. The van der Waals surface area contributed by atoms with E-state index in [1.54, 1.807) is 39.0 Å². The minimum absolute atomic E-state index is 0.275. The first-order valence-electron chi connectivity index (χ1n) is 6.02. The number of sulfonamides is 1. The average molecular weight is 283 g/mol. The van der Waals surface area contributed by atoms with E-state index in [4.69, 9.17) is 0 Å². The van der Waals surface area contributed by atoms with Crippen molar-refractivity contribution in [3.05, 3.63) is 34.2 Å². The second-order valence-corrected chi connectivity index (χ2v) is 7.09. The largest absolute Gasteiger partial charge is 0.323 e. The van der Waals surface area contributed by atoms with Gasteiger partial charge in [0.1, 0.15) is 0 Å². The molecule has 0 aliphatic rings. The quantitative estimate of drug-likeness (QED) is 0.788. The van der Waals surface area contributed by atoms with Crippen LogP contribution in [0.2, 0.25) is 0 Å². The molecule has 0 aliphatic heterocycles. The van der Waals surface area contributed by atoms with E-state index in [1.165, 1.54) is 0 Å². The summed E-state index contributed by atoms with van der Waals surface area (Å²) in [5.41, 5.74) is 1.89. The zero-order valence-electron chi connectivity index (χ0n) is 11.0. The fraction of sp³-hybridized carbons (Fsp3) is 0.417. The van der Waals surface area contributed by atoms with Gasteiger partial charge in [-0.3, -0.25) is 0 Å². The standard InChI is InChI=1S/C12H17N3O3S/c1-7(2)19(17,18)15-8(3)9-4-5-10-11(6-9)14-12(16)13-10/h4-8,15H,1-3H3,(H2,13,14,16). The lowest BCUT2D eigenvalue weighted by Crippen LogP contribution is -2.32. The Balaban J connectivity index is 2.31. The Bertz CT molecular complexity index is 743. The molecule has 1 atom stereocenters. The summed E-state index contributed by atoms with van der Waals surface area (Å²) in [5, 5.41) is -0.481. The van der Waals surface area contributed by atoms with Crippen molar-refractivity contribution in [2.24, 2.45) is 0 Å². The van der Waals surface area contributed by atoms with Gasteiger partial charge in [0.05, 0.1) is 16.3 Å². The van der Waals surface area contributed by atoms with Crippen LogP contribution in [0.1, 0.15) is 32.4 Å². The van der Waals surface area contributed by atoms with Crippen molar-refractivity contribution in [3.8, 4) is 0 Å². The summed E-state index contributed by atoms with van der Waals surface area (Å²) in [6, 6.07) is 4.96. The van der Waals surface area contributed by atoms with Crippen LogP contribution in [-0.4, -0.2) is 23.6 Å². The van der Waals surface area contributed by atoms with Gasteiger partial charge in [0.15, 0.2) is 0 Å². The van der Waals surface area contributed by atoms with Crippen LogP contribution in [0, 0.1) is 0 Å². The normalized spacial score (nSPS) is 14.1. The SMILES string of the molecule is CC(NS(=O)(=O)C(C)C)c1ccc2[nH]c(=O)[nH]c2c1. The molecule has 0 radical (unpaired) electrons. The van der Waals surface area contributed by atoms with Gasteiger partial charge in [-0.2, -0.15) is 0 Å². The third-order valence-electron chi connectivity index (χ3n) is 3.00. The number of aromatic nitrogens is 2. The van der Waals surface area contributed by atoms with Crippen LogP contribution in [0.5, 0.6) is 0 Å². The molecule has 0 spiro atoms. The Hall–Kier alpha value is -1.60. The molecule has 2 aromatic rings. The maximum absolute atomic E-state index is 11.8. The molecule has 6 nitrogen and oxygen atoms in total. The molecule has 0 bridgehead atoms. The second-order valence-electron chi connectivity index (χ2n) is 4.82. The number of fused-ring (bicyclic) bond motifs is 1. The Labute approximate surface area is 111 Å². The predicted molar refractivity (Wildman–Crippen MR) is 74.5 cm³/mol. The number of nitrogens with one attached hydrogen (secondary N) is 3. The number of benzene rings is 1. The first-order valence-corrected chi connectivity index (χ1v) is 7.57. The highest BCUT2D eigenvalue weighted by molar-refractivity contribution is 7.90. The van der Waals surface area contributed by atoms with Crippen LogP contribution in [0.15, 0.2) is 23.0 Å². The van der Waals surface area contributed by atoms with Gasteiger partial charge >= 0.3 is 5.69 Å². The summed E-state index contributed by atoms with van der Waals surface area (Å²) in [7, 11) is -3.32. The lowest BCUT2D eigenvalue weighted by molar-refractivity contribution is 0.558.